The number of aromatic hydroxyl groups is 1. The van der Waals surface area contributed by atoms with Crippen LogP contribution in [0.1, 0.15) is 21.6 Å². The van der Waals surface area contributed by atoms with Gasteiger partial charge in [0.1, 0.15) is 5.75 Å². The summed E-state index contributed by atoms with van der Waals surface area (Å²) in [6, 6.07) is 20.6. The second-order valence-corrected chi connectivity index (χ2v) is 7.36. The van der Waals surface area contributed by atoms with E-state index in [-0.39, 0.29) is 11.4 Å². The minimum absolute atomic E-state index is 0.0977. The predicted molar refractivity (Wildman–Crippen MR) is 116 cm³/mol. The van der Waals surface area contributed by atoms with Crippen LogP contribution in [0.4, 0.5) is 0 Å². The molecular weight excluding hydrogens is 432 g/mol. The minimum Gasteiger partial charge on any atom is -0.507 e. The van der Waals surface area contributed by atoms with Gasteiger partial charge in [0.2, 0.25) is 0 Å². The van der Waals surface area contributed by atoms with Crippen molar-refractivity contribution in [2.75, 3.05) is 0 Å². The molecule has 1 heterocycles. The molecule has 0 saturated heterocycles. The van der Waals surface area contributed by atoms with Crippen LogP contribution < -0.4 is 5.43 Å². The Kier molecular flexibility index (Phi) is 5.39. The highest BCUT2D eigenvalue weighted by molar-refractivity contribution is 9.10. The van der Waals surface area contributed by atoms with Gasteiger partial charge in [0.05, 0.1) is 12.8 Å². The van der Waals surface area contributed by atoms with Gasteiger partial charge in [0.15, 0.2) is 5.69 Å². The number of carbonyl (C=O) groups is 1. The molecule has 0 saturated carbocycles. The molecule has 0 bridgehead atoms. The number of amides is 1. The van der Waals surface area contributed by atoms with Gasteiger partial charge in [-0.1, -0.05) is 58.4 Å². The Bertz CT molecular complexity index is 1200. The molecule has 1 amide bonds. The van der Waals surface area contributed by atoms with Gasteiger partial charge >= 0.3 is 0 Å². The summed E-state index contributed by atoms with van der Waals surface area (Å²) in [6.07, 6.45) is 3.19. The van der Waals surface area contributed by atoms with E-state index >= 15 is 0 Å². The zero-order chi connectivity index (χ0) is 20.2. The molecular formula is C22H17BrN4O2. The average molecular weight is 449 g/mol. The van der Waals surface area contributed by atoms with Crippen molar-refractivity contribution in [3.05, 3.63) is 94.2 Å². The van der Waals surface area contributed by atoms with Crippen LogP contribution >= 0.6 is 15.9 Å². The zero-order valence-electron chi connectivity index (χ0n) is 15.3. The Morgan fingerprint density at radius 3 is 2.72 bits per heavy atom. The number of hydrogen-bond donors (Lipinski definition) is 2. The average Bonchev–Trinajstić information content (AvgIpc) is 3.20. The molecule has 3 aromatic carbocycles. The first-order valence-corrected chi connectivity index (χ1v) is 9.71. The van der Waals surface area contributed by atoms with E-state index in [0.717, 1.165) is 20.8 Å². The summed E-state index contributed by atoms with van der Waals surface area (Å²) in [5, 5.41) is 20.2. The second kappa shape index (κ2) is 8.28. The largest absolute Gasteiger partial charge is 0.507 e. The molecule has 4 aromatic rings. The summed E-state index contributed by atoms with van der Waals surface area (Å²) in [4.78, 5) is 12.3. The molecule has 29 heavy (non-hydrogen) atoms. The third-order valence-electron chi connectivity index (χ3n) is 4.44. The van der Waals surface area contributed by atoms with Crippen LogP contribution in [0.25, 0.3) is 10.8 Å². The van der Waals surface area contributed by atoms with Crippen molar-refractivity contribution < 1.29 is 9.90 Å². The van der Waals surface area contributed by atoms with Gasteiger partial charge in [-0.25, -0.2) is 5.43 Å². The molecule has 0 aliphatic rings. The van der Waals surface area contributed by atoms with Crippen molar-refractivity contribution in [2.24, 2.45) is 5.10 Å². The van der Waals surface area contributed by atoms with E-state index < -0.39 is 5.91 Å². The third-order valence-corrected chi connectivity index (χ3v) is 4.97. The quantitative estimate of drug-likeness (QED) is 0.352. The van der Waals surface area contributed by atoms with Crippen LogP contribution in [0.2, 0.25) is 0 Å². The molecule has 6 nitrogen and oxygen atoms in total. The standard InChI is InChI=1S/C22H17BrN4O2/c23-17-8-5-15(6-9-17)14-27-12-11-20(26-27)22(29)25-24-13-19-18-4-2-1-3-16(18)7-10-21(19)28/h1-13,28H,14H2,(H,25,29). The Hall–Kier alpha value is -3.45. The molecule has 0 aliphatic carbocycles. The maximum Gasteiger partial charge on any atom is 0.291 e. The molecule has 0 spiro atoms. The molecule has 0 aliphatic heterocycles. The van der Waals surface area contributed by atoms with Crippen LogP contribution in [0.15, 0.2) is 82.5 Å². The molecule has 0 fully saturated rings. The minimum atomic E-state index is -0.421. The lowest BCUT2D eigenvalue weighted by Gasteiger charge is -2.04. The first kappa shape index (κ1) is 18.9. The van der Waals surface area contributed by atoms with Crippen molar-refractivity contribution in [3.8, 4) is 5.75 Å². The SMILES string of the molecule is O=C(NN=Cc1c(O)ccc2ccccc12)c1ccn(Cc2ccc(Br)cc2)n1. The molecule has 4 rings (SSSR count). The topological polar surface area (TPSA) is 79.5 Å². The fourth-order valence-corrected chi connectivity index (χ4v) is 3.24. The first-order valence-electron chi connectivity index (χ1n) is 8.92. The van der Waals surface area contributed by atoms with E-state index in [9.17, 15) is 9.90 Å². The normalized spacial score (nSPS) is 11.2. The Labute approximate surface area is 175 Å². The number of nitrogens with one attached hydrogen (secondary N) is 1. The maximum absolute atomic E-state index is 12.3. The number of fused-ring (bicyclic) bond motifs is 1. The monoisotopic (exact) mass is 448 g/mol. The van der Waals surface area contributed by atoms with Gasteiger partial charge in [-0.05, 0) is 40.6 Å². The summed E-state index contributed by atoms with van der Waals surface area (Å²) >= 11 is 3.41. The molecule has 1 aromatic heterocycles. The third kappa shape index (κ3) is 4.35. The molecule has 7 heteroatoms. The van der Waals surface area contributed by atoms with Crippen molar-refractivity contribution in [1.29, 1.82) is 0 Å². The number of carbonyl (C=O) groups excluding carboxylic acids is 1. The number of phenols is 1. The lowest BCUT2D eigenvalue weighted by molar-refractivity contribution is 0.0949. The van der Waals surface area contributed by atoms with E-state index in [1.54, 1.807) is 23.0 Å². The Balaban J connectivity index is 1.45. The molecule has 0 radical (unpaired) electrons. The fourth-order valence-electron chi connectivity index (χ4n) is 2.98. The smallest absolute Gasteiger partial charge is 0.291 e. The van der Waals surface area contributed by atoms with E-state index in [1.165, 1.54) is 6.21 Å². The highest BCUT2D eigenvalue weighted by Crippen LogP contribution is 2.25. The lowest BCUT2D eigenvalue weighted by Crippen LogP contribution is -2.18. The summed E-state index contributed by atoms with van der Waals surface area (Å²) in [5.74, 6) is -0.323. The molecule has 0 unspecified atom stereocenters. The van der Waals surface area contributed by atoms with Gasteiger partial charge in [-0.2, -0.15) is 10.2 Å². The van der Waals surface area contributed by atoms with Gasteiger partial charge in [0.25, 0.3) is 5.91 Å². The van der Waals surface area contributed by atoms with Crippen molar-refractivity contribution in [1.82, 2.24) is 15.2 Å². The van der Waals surface area contributed by atoms with Crippen LogP contribution in [0.5, 0.6) is 5.75 Å². The van der Waals surface area contributed by atoms with Gasteiger partial charge in [0, 0.05) is 16.2 Å². The highest BCUT2D eigenvalue weighted by Gasteiger charge is 2.09. The number of nitrogens with zero attached hydrogens (tertiary/aromatic N) is 3. The number of hydrogen-bond acceptors (Lipinski definition) is 4. The predicted octanol–water partition coefficient (Wildman–Crippen LogP) is 4.32. The van der Waals surface area contributed by atoms with E-state index in [1.807, 2.05) is 54.6 Å². The number of hydrazone groups is 1. The van der Waals surface area contributed by atoms with Gasteiger partial charge in [-0.15, -0.1) is 0 Å². The van der Waals surface area contributed by atoms with Crippen molar-refractivity contribution in [3.63, 3.8) is 0 Å². The Morgan fingerprint density at radius 1 is 1.10 bits per heavy atom. The van der Waals surface area contributed by atoms with Gasteiger partial charge < -0.3 is 5.11 Å². The second-order valence-electron chi connectivity index (χ2n) is 6.44. The molecule has 2 N–H and O–H groups in total. The summed E-state index contributed by atoms with van der Waals surface area (Å²) in [6.45, 7) is 0.563. The van der Waals surface area contributed by atoms with Crippen molar-refractivity contribution in [2.45, 2.75) is 6.54 Å². The lowest BCUT2D eigenvalue weighted by atomic mass is 10.0. The number of benzene rings is 3. The number of rotatable bonds is 5. The van der Waals surface area contributed by atoms with Crippen LogP contribution in [-0.4, -0.2) is 27.0 Å². The fraction of sp³-hybridized carbons (Fsp3) is 0.0455. The number of phenolic OH excluding ortho intramolecular Hbond substituents is 1. The number of aromatic nitrogens is 2. The molecule has 0 atom stereocenters. The first-order chi connectivity index (χ1) is 14.1. The van der Waals surface area contributed by atoms with Crippen LogP contribution in [0, 0.1) is 0 Å². The van der Waals surface area contributed by atoms with Crippen LogP contribution in [0.3, 0.4) is 0 Å². The van der Waals surface area contributed by atoms with Gasteiger partial charge in [-0.3, -0.25) is 9.48 Å². The van der Waals surface area contributed by atoms with E-state index in [2.05, 4.69) is 31.6 Å². The van der Waals surface area contributed by atoms with E-state index in [4.69, 9.17) is 0 Å². The number of halogens is 1. The highest BCUT2D eigenvalue weighted by atomic mass is 79.9. The van der Waals surface area contributed by atoms with Crippen LogP contribution in [-0.2, 0) is 6.54 Å². The summed E-state index contributed by atoms with van der Waals surface area (Å²) < 4.78 is 2.70. The maximum atomic E-state index is 12.3. The summed E-state index contributed by atoms with van der Waals surface area (Å²) in [5.41, 5.74) is 4.35. The summed E-state index contributed by atoms with van der Waals surface area (Å²) in [7, 11) is 0. The zero-order valence-corrected chi connectivity index (χ0v) is 16.9. The molecule has 144 valence electrons. The van der Waals surface area contributed by atoms with Crippen molar-refractivity contribution >= 4 is 38.8 Å². The van der Waals surface area contributed by atoms with E-state index in [0.29, 0.717) is 12.1 Å². The Morgan fingerprint density at radius 2 is 1.90 bits per heavy atom.